The number of carbonyl (C=O) groups is 1. The lowest BCUT2D eigenvalue weighted by Crippen LogP contribution is -2.17. The van der Waals surface area contributed by atoms with Gasteiger partial charge in [-0.25, -0.2) is 0 Å². The highest BCUT2D eigenvalue weighted by Crippen LogP contribution is 2.30. The lowest BCUT2D eigenvalue weighted by molar-refractivity contribution is -0.136. The Labute approximate surface area is 198 Å². The highest BCUT2D eigenvalue weighted by Gasteiger charge is 2.14. The lowest BCUT2D eigenvalue weighted by Gasteiger charge is -2.09. The van der Waals surface area contributed by atoms with Crippen LogP contribution < -0.4 is 5.32 Å². The number of nitrogens with one attached hydrogen (secondary N) is 1. The number of carboxylic acid groups (broad SMARTS) is 1. The van der Waals surface area contributed by atoms with E-state index in [4.69, 9.17) is 9.52 Å². The molecule has 4 aromatic rings. The highest BCUT2D eigenvalue weighted by molar-refractivity contribution is 5.94. The molecule has 2 aromatic heterocycles. The monoisotopic (exact) mass is 456 g/mol. The number of fused-ring (bicyclic) bond motifs is 1. The molecule has 0 radical (unpaired) electrons. The van der Waals surface area contributed by atoms with Crippen molar-refractivity contribution in [3.63, 3.8) is 0 Å². The fraction of sp³-hybridized carbons (Fsp3) is 0.259. The Kier molecular flexibility index (Phi) is 7.78. The number of aromatic nitrogens is 3. The Morgan fingerprint density at radius 2 is 1.91 bits per heavy atom. The van der Waals surface area contributed by atoms with E-state index < -0.39 is 5.97 Å². The molecule has 0 amide bonds. The maximum atomic E-state index is 10.7. The van der Waals surface area contributed by atoms with Gasteiger partial charge in [-0.05, 0) is 41.7 Å². The molecular formula is C27H28N4O3. The van der Waals surface area contributed by atoms with Crippen molar-refractivity contribution < 1.29 is 14.3 Å². The van der Waals surface area contributed by atoms with E-state index in [0.29, 0.717) is 24.9 Å². The number of pyridine rings is 1. The van der Waals surface area contributed by atoms with Crippen LogP contribution in [0.2, 0.25) is 0 Å². The average molecular weight is 457 g/mol. The van der Waals surface area contributed by atoms with Gasteiger partial charge in [-0.3, -0.25) is 9.78 Å². The van der Waals surface area contributed by atoms with Crippen molar-refractivity contribution in [1.82, 2.24) is 20.5 Å². The molecule has 0 fully saturated rings. The molecule has 4 rings (SSSR count). The van der Waals surface area contributed by atoms with E-state index in [1.54, 1.807) is 6.20 Å². The molecule has 0 unspecified atom stereocenters. The summed E-state index contributed by atoms with van der Waals surface area (Å²) in [4.78, 5) is 15.3. The molecule has 2 aromatic carbocycles. The summed E-state index contributed by atoms with van der Waals surface area (Å²) in [6.07, 6.45) is 6.92. The summed E-state index contributed by atoms with van der Waals surface area (Å²) in [6, 6.07) is 18.1. The summed E-state index contributed by atoms with van der Waals surface area (Å²) < 4.78 is 6.07. The highest BCUT2D eigenvalue weighted by atomic mass is 16.4. The Balaban J connectivity index is 1.62. The van der Waals surface area contributed by atoms with Crippen LogP contribution in [-0.2, 0) is 11.3 Å². The first-order valence-corrected chi connectivity index (χ1v) is 11.5. The van der Waals surface area contributed by atoms with Gasteiger partial charge in [-0.1, -0.05) is 55.8 Å². The van der Waals surface area contributed by atoms with Crippen LogP contribution in [0.1, 0.15) is 49.6 Å². The maximum absolute atomic E-state index is 10.7. The van der Waals surface area contributed by atoms with Crippen molar-refractivity contribution in [2.24, 2.45) is 0 Å². The quantitative estimate of drug-likeness (QED) is 0.284. The Morgan fingerprint density at radius 1 is 1.06 bits per heavy atom. The van der Waals surface area contributed by atoms with Crippen molar-refractivity contribution in [3.8, 4) is 11.5 Å². The fourth-order valence-corrected chi connectivity index (χ4v) is 3.85. The van der Waals surface area contributed by atoms with Gasteiger partial charge in [0.05, 0.1) is 11.9 Å². The van der Waals surface area contributed by atoms with Gasteiger partial charge in [0.25, 0.3) is 0 Å². The number of hydrogen-bond acceptors (Lipinski definition) is 6. The van der Waals surface area contributed by atoms with E-state index in [1.807, 2.05) is 48.5 Å². The SMILES string of the molecule is CCCCC(=Cc1nnc(-c2ccc(CNCCC(=O)O)c3ncccc23)o1)c1ccccc1. The first-order valence-electron chi connectivity index (χ1n) is 11.5. The Hall–Kier alpha value is -3.84. The summed E-state index contributed by atoms with van der Waals surface area (Å²) in [5, 5.41) is 21.5. The second-order valence-electron chi connectivity index (χ2n) is 8.08. The summed E-state index contributed by atoms with van der Waals surface area (Å²) >= 11 is 0. The third-order valence-corrected chi connectivity index (χ3v) is 5.60. The Morgan fingerprint density at radius 3 is 2.71 bits per heavy atom. The molecule has 2 heterocycles. The number of allylic oxidation sites excluding steroid dienone is 1. The van der Waals surface area contributed by atoms with Crippen LogP contribution in [0.3, 0.4) is 0 Å². The molecule has 0 atom stereocenters. The second kappa shape index (κ2) is 11.3. The van der Waals surface area contributed by atoms with Gasteiger partial charge >= 0.3 is 5.97 Å². The minimum absolute atomic E-state index is 0.0744. The molecule has 2 N–H and O–H groups in total. The first kappa shape index (κ1) is 23.3. The number of unbranched alkanes of at least 4 members (excludes halogenated alkanes) is 1. The van der Waals surface area contributed by atoms with Crippen LogP contribution in [0.15, 0.2) is 65.2 Å². The number of nitrogens with zero attached hydrogens (tertiary/aromatic N) is 3. The van der Waals surface area contributed by atoms with E-state index in [2.05, 4.69) is 39.6 Å². The molecule has 0 aliphatic rings. The fourth-order valence-electron chi connectivity index (χ4n) is 3.85. The summed E-state index contributed by atoms with van der Waals surface area (Å²) in [6.45, 7) is 3.10. The summed E-state index contributed by atoms with van der Waals surface area (Å²) in [5.41, 5.74) is 4.96. The molecular weight excluding hydrogens is 428 g/mol. The number of rotatable bonds is 11. The molecule has 0 saturated carbocycles. The van der Waals surface area contributed by atoms with Crippen molar-refractivity contribution in [2.45, 2.75) is 39.2 Å². The number of hydrogen-bond donors (Lipinski definition) is 2. The zero-order valence-corrected chi connectivity index (χ0v) is 19.2. The van der Waals surface area contributed by atoms with Crippen LogP contribution in [0.5, 0.6) is 0 Å². The van der Waals surface area contributed by atoms with Gasteiger partial charge in [0.2, 0.25) is 11.8 Å². The molecule has 0 spiro atoms. The third-order valence-electron chi connectivity index (χ3n) is 5.60. The standard InChI is InChI=1S/C27H28N4O3/c1-2-3-8-20(19-9-5-4-6-10-19)17-24-30-31-27(34-24)23-13-12-21(18-28-16-14-25(32)33)26-22(23)11-7-15-29-26/h4-7,9-13,15,17,28H,2-3,8,14,16,18H2,1H3,(H,32,33). The van der Waals surface area contributed by atoms with E-state index in [-0.39, 0.29) is 6.42 Å². The molecule has 7 nitrogen and oxygen atoms in total. The van der Waals surface area contributed by atoms with Gasteiger partial charge in [0.15, 0.2) is 0 Å². The number of carboxylic acids is 1. The normalized spacial score (nSPS) is 11.7. The zero-order chi connectivity index (χ0) is 23.8. The minimum atomic E-state index is -0.822. The summed E-state index contributed by atoms with van der Waals surface area (Å²) in [7, 11) is 0. The van der Waals surface area contributed by atoms with Crippen molar-refractivity contribution in [3.05, 3.63) is 77.8 Å². The van der Waals surface area contributed by atoms with Crippen LogP contribution in [0, 0.1) is 0 Å². The molecule has 0 saturated heterocycles. The van der Waals surface area contributed by atoms with E-state index in [9.17, 15) is 4.79 Å². The molecule has 174 valence electrons. The van der Waals surface area contributed by atoms with Gasteiger partial charge < -0.3 is 14.8 Å². The smallest absolute Gasteiger partial charge is 0.304 e. The predicted octanol–water partition coefficient (Wildman–Crippen LogP) is 5.58. The topological polar surface area (TPSA) is 101 Å². The zero-order valence-electron chi connectivity index (χ0n) is 19.2. The number of benzene rings is 2. The van der Waals surface area contributed by atoms with Crippen molar-refractivity contribution >= 4 is 28.5 Å². The average Bonchev–Trinajstić information content (AvgIpc) is 3.33. The van der Waals surface area contributed by atoms with Crippen molar-refractivity contribution in [2.75, 3.05) is 6.54 Å². The second-order valence-corrected chi connectivity index (χ2v) is 8.08. The van der Waals surface area contributed by atoms with Gasteiger partial charge in [0, 0.05) is 36.3 Å². The molecule has 0 bridgehead atoms. The molecule has 0 aliphatic heterocycles. The van der Waals surface area contributed by atoms with Crippen LogP contribution in [-0.4, -0.2) is 32.8 Å². The van der Waals surface area contributed by atoms with Crippen LogP contribution in [0.4, 0.5) is 0 Å². The third kappa shape index (κ3) is 5.74. The first-order chi connectivity index (χ1) is 16.7. The molecule has 34 heavy (non-hydrogen) atoms. The largest absolute Gasteiger partial charge is 0.481 e. The lowest BCUT2D eigenvalue weighted by atomic mass is 10.00. The van der Waals surface area contributed by atoms with Gasteiger partial charge in [0.1, 0.15) is 0 Å². The van der Waals surface area contributed by atoms with Gasteiger partial charge in [-0.15, -0.1) is 10.2 Å². The van der Waals surface area contributed by atoms with E-state index in [0.717, 1.165) is 46.9 Å². The minimum Gasteiger partial charge on any atom is -0.481 e. The molecule has 0 aliphatic carbocycles. The molecule has 7 heteroatoms. The van der Waals surface area contributed by atoms with E-state index >= 15 is 0 Å². The van der Waals surface area contributed by atoms with Crippen molar-refractivity contribution in [1.29, 1.82) is 0 Å². The summed E-state index contributed by atoms with van der Waals surface area (Å²) in [5.74, 6) is 0.0937. The Bertz CT molecular complexity index is 1280. The van der Waals surface area contributed by atoms with E-state index in [1.165, 1.54) is 5.57 Å². The maximum Gasteiger partial charge on any atom is 0.304 e. The van der Waals surface area contributed by atoms with Crippen LogP contribution >= 0.6 is 0 Å². The van der Waals surface area contributed by atoms with Gasteiger partial charge in [-0.2, -0.15) is 0 Å². The number of aliphatic carboxylic acids is 1. The predicted molar refractivity (Wildman–Crippen MR) is 133 cm³/mol. The van der Waals surface area contributed by atoms with Crippen LogP contribution in [0.25, 0.3) is 34.0 Å².